The normalized spacial score (nSPS) is 22.5. The Morgan fingerprint density at radius 3 is 2.47 bits per heavy atom. The van der Waals surface area contributed by atoms with Gasteiger partial charge in [-0.3, -0.25) is 9.69 Å². The molecule has 0 radical (unpaired) electrons. The molecule has 2 aliphatic heterocycles. The standard InChI is InChI=1S/C13H13N3O3/c1-14-11-7-10(17)8-5-3-4-6-9(8)16(11)13(19)15(2)12(14)18/h3-6,11H,7H2,1-2H3. The van der Waals surface area contributed by atoms with E-state index < -0.39 is 18.2 Å². The third-order valence-electron chi connectivity index (χ3n) is 3.66. The summed E-state index contributed by atoms with van der Waals surface area (Å²) in [5.74, 6) is -0.0474. The van der Waals surface area contributed by atoms with E-state index in [4.69, 9.17) is 0 Å². The number of amides is 4. The summed E-state index contributed by atoms with van der Waals surface area (Å²) in [6.45, 7) is 0. The molecule has 1 saturated heterocycles. The molecule has 0 N–H and O–H groups in total. The molecule has 1 atom stereocenters. The number of rotatable bonds is 0. The van der Waals surface area contributed by atoms with Crippen molar-refractivity contribution in [2.75, 3.05) is 19.0 Å². The SMILES string of the molecule is CN1C(=O)N(C)C2CC(=O)c3ccccc3N2C1=O. The van der Waals surface area contributed by atoms with Crippen LogP contribution in [-0.2, 0) is 0 Å². The van der Waals surface area contributed by atoms with Crippen LogP contribution in [0.4, 0.5) is 15.3 Å². The van der Waals surface area contributed by atoms with E-state index in [0.717, 1.165) is 4.90 Å². The molecule has 4 amide bonds. The molecule has 1 fully saturated rings. The van der Waals surface area contributed by atoms with E-state index in [1.165, 1.54) is 16.8 Å². The molecule has 2 aliphatic rings. The van der Waals surface area contributed by atoms with Crippen molar-refractivity contribution in [2.24, 2.45) is 0 Å². The van der Waals surface area contributed by atoms with Crippen molar-refractivity contribution in [3.63, 3.8) is 0 Å². The van der Waals surface area contributed by atoms with Crippen molar-refractivity contribution in [1.82, 2.24) is 9.80 Å². The molecule has 0 bridgehead atoms. The van der Waals surface area contributed by atoms with Crippen LogP contribution < -0.4 is 4.90 Å². The minimum Gasteiger partial charge on any atom is -0.306 e. The Balaban J connectivity index is 2.16. The van der Waals surface area contributed by atoms with E-state index in [9.17, 15) is 14.4 Å². The van der Waals surface area contributed by atoms with Crippen LogP contribution >= 0.6 is 0 Å². The van der Waals surface area contributed by atoms with E-state index in [0.29, 0.717) is 11.3 Å². The number of benzene rings is 1. The first-order valence-corrected chi connectivity index (χ1v) is 5.98. The minimum absolute atomic E-state index is 0.0474. The quantitative estimate of drug-likeness (QED) is 0.709. The Labute approximate surface area is 110 Å². The summed E-state index contributed by atoms with van der Waals surface area (Å²) in [7, 11) is 3.04. The zero-order chi connectivity index (χ0) is 13.7. The highest BCUT2D eigenvalue weighted by molar-refractivity contribution is 6.13. The largest absolute Gasteiger partial charge is 0.334 e. The number of anilines is 1. The molecule has 0 saturated carbocycles. The van der Waals surface area contributed by atoms with Gasteiger partial charge in [0, 0.05) is 19.7 Å². The third-order valence-corrected chi connectivity index (χ3v) is 3.66. The van der Waals surface area contributed by atoms with Gasteiger partial charge in [0.15, 0.2) is 5.78 Å². The van der Waals surface area contributed by atoms with Crippen molar-refractivity contribution in [1.29, 1.82) is 0 Å². The molecule has 0 aliphatic carbocycles. The number of urea groups is 2. The summed E-state index contributed by atoms with van der Waals surface area (Å²) >= 11 is 0. The topological polar surface area (TPSA) is 60.9 Å². The van der Waals surface area contributed by atoms with E-state index in [1.807, 2.05) is 0 Å². The Bertz CT molecular complexity index is 599. The highest BCUT2D eigenvalue weighted by Crippen LogP contribution is 2.34. The fourth-order valence-corrected chi connectivity index (χ4v) is 2.60. The highest BCUT2D eigenvalue weighted by atomic mass is 16.2. The van der Waals surface area contributed by atoms with Gasteiger partial charge in [-0.1, -0.05) is 12.1 Å². The number of para-hydroxylation sites is 1. The zero-order valence-electron chi connectivity index (χ0n) is 10.7. The van der Waals surface area contributed by atoms with Gasteiger partial charge in [-0.25, -0.2) is 14.5 Å². The molecule has 0 aromatic heterocycles. The van der Waals surface area contributed by atoms with Crippen LogP contribution in [0.5, 0.6) is 0 Å². The van der Waals surface area contributed by atoms with E-state index in [1.54, 1.807) is 31.3 Å². The molecule has 6 nitrogen and oxygen atoms in total. The lowest BCUT2D eigenvalue weighted by Crippen LogP contribution is -2.66. The van der Waals surface area contributed by atoms with Gasteiger partial charge in [0.2, 0.25) is 0 Å². The van der Waals surface area contributed by atoms with Crippen LogP contribution in [0.2, 0.25) is 0 Å². The molecular formula is C13H13N3O3. The average Bonchev–Trinajstić information content (AvgIpc) is 2.43. The van der Waals surface area contributed by atoms with Crippen LogP contribution in [0.25, 0.3) is 0 Å². The number of Topliss-reactive ketones (excluding diaryl/α,β-unsaturated/α-hetero) is 1. The lowest BCUT2D eigenvalue weighted by Gasteiger charge is -2.46. The summed E-state index contributed by atoms with van der Waals surface area (Å²) in [4.78, 5) is 40.3. The molecule has 19 heavy (non-hydrogen) atoms. The van der Waals surface area contributed by atoms with Gasteiger partial charge in [-0.05, 0) is 12.1 Å². The summed E-state index contributed by atoms with van der Waals surface area (Å²) < 4.78 is 0. The van der Waals surface area contributed by atoms with E-state index >= 15 is 0 Å². The smallest absolute Gasteiger partial charge is 0.306 e. The van der Waals surface area contributed by atoms with E-state index in [-0.39, 0.29) is 12.2 Å². The maximum absolute atomic E-state index is 12.3. The Morgan fingerprint density at radius 1 is 1.05 bits per heavy atom. The fourth-order valence-electron chi connectivity index (χ4n) is 2.60. The van der Waals surface area contributed by atoms with Crippen molar-refractivity contribution < 1.29 is 14.4 Å². The molecule has 1 aromatic carbocycles. The Morgan fingerprint density at radius 2 is 1.74 bits per heavy atom. The summed E-state index contributed by atoms with van der Waals surface area (Å²) in [5, 5.41) is 0. The molecule has 98 valence electrons. The Kier molecular flexibility index (Phi) is 2.35. The van der Waals surface area contributed by atoms with Crippen molar-refractivity contribution in [2.45, 2.75) is 12.6 Å². The van der Waals surface area contributed by atoms with Gasteiger partial charge >= 0.3 is 12.1 Å². The monoisotopic (exact) mass is 259 g/mol. The van der Waals surface area contributed by atoms with Gasteiger partial charge in [0.25, 0.3) is 0 Å². The fraction of sp³-hybridized carbons (Fsp3) is 0.308. The number of imide groups is 1. The number of hydrogen-bond acceptors (Lipinski definition) is 3. The maximum atomic E-state index is 12.3. The molecule has 1 unspecified atom stereocenters. The maximum Gasteiger partial charge on any atom is 0.334 e. The molecule has 0 spiro atoms. The third kappa shape index (κ3) is 1.46. The molecule has 2 heterocycles. The zero-order valence-corrected chi connectivity index (χ0v) is 10.7. The molecular weight excluding hydrogens is 246 g/mol. The van der Waals surface area contributed by atoms with Crippen molar-refractivity contribution >= 4 is 23.5 Å². The second kappa shape index (κ2) is 3.81. The number of fused-ring (bicyclic) bond motifs is 3. The highest BCUT2D eigenvalue weighted by Gasteiger charge is 2.45. The van der Waals surface area contributed by atoms with Gasteiger partial charge in [0.1, 0.15) is 6.17 Å². The van der Waals surface area contributed by atoms with Gasteiger partial charge < -0.3 is 4.90 Å². The van der Waals surface area contributed by atoms with Crippen LogP contribution in [0, 0.1) is 0 Å². The van der Waals surface area contributed by atoms with Crippen molar-refractivity contribution in [3.8, 4) is 0 Å². The van der Waals surface area contributed by atoms with Crippen LogP contribution in [0.1, 0.15) is 16.8 Å². The van der Waals surface area contributed by atoms with Crippen LogP contribution in [-0.4, -0.2) is 47.9 Å². The average molecular weight is 259 g/mol. The number of nitrogens with zero attached hydrogens (tertiary/aromatic N) is 3. The van der Waals surface area contributed by atoms with Gasteiger partial charge in [0.05, 0.1) is 12.1 Å². The van der Waals surface area contributed by atoms with Crippen LogP contribution in [0.15, 0.2) is 24.3 Å². The van der Waals surface area contributed by atoms with Gasteiger partial charge in [-0.15, -0.1) is 0 Å². The molecule has 6 heteroatoms. The minimum atomic E-state index is -0.529. The van der Waals surface area contributed by atoms with E-state index in [2.05, 4.69) is 0 Å². The Hall–Kier alpha value is -2.37. The summed E-state index contributed by atoms with van der Waals surface area (Å²) in [5.41, 5.74) is 1.10. The number of carbonyl (C=O) groups is 3. The lowest BCUT2D eigenvalue weighted by molar-refractivity contribution is 0.0901. The van der Waals surface area contributed by atoms with Crippen LogP contribution in [0.3, 0.4) is 0 Å². The second-order valence-corrected chi connectivity index (χ2v) is 4.73. The first kappa shape index (κ1) is 11.7. The molecule has 3 rings (SSSR count). The number of carbonyl (C=O) groups excluding carboxylic acids is 3. The van der Waals surface area contributed by atoms with Gasteiger partial charge in [-0.2, -0.15) is 0 Å². The van der Waals surface area contributed by atoms with Crippen molar-refractivity contribution in [3.05, 3.63) is 29.8 Å². The number of hydrogen-bond donors (Lipinski definition) is 0. The first-order valence-electron chi connectivity index (χ1n) is 5.98. The second-order valence-electron chi connectivity index (χ2n) is 4.73. The summed E-state index contributed by atoms with van der Waals surface area (Å²) in [6.07, 6.45) is -0.391. The first-order chi connectivity index (χ1) is 9.02. The summed E-state index contributed by atoms with van der Waals surface area (Å²) in [6, 6.07) is 6.20. The molecule has 1 aromatic rings. The predicted octanol–water partition coefficient (Wildman–Crippen LogP) is 1.52. The predicted molar refractivity (Wildman–Crippen MR) is 68.0 cm³/mol. The lowest BCUT2D eigenvalue weighted by atomic mass is 9.97. The number of ketones is 1.